The van der Waals surface area contributed by atoms with E-state index >= 15 is 0 Å². The van der Waals surface area contributed by atoms with Gasteiger partial charge in [0.05, 0.1) is 7.11 Å². The zero-order valence-corrected chi connectivity index (χ0v) is 12.0. The fourth-order valence-corrected chi connectivity index (χ4v) is 1.96. The molecule has 0 aliphatic rings. The molecule has 0 saturated carbocycles. The second-order valence-electron chi connectivity index (χ2n) is 4.57. The normalized spacial score (nSPS) is 11.2. The van der Waals surface area contributed by atoms with E-state index in [4.69, 9.17) is 15.7 Å². The van der Waals surface area contributed by atoms with Crippen LogP contribution in [0.1, 0.15) is 11.3 Å². The Balaban J connectivity index is 2.18. The number of hydrogen-bond acceptors (Lipinski definition) is 5. The van der Waals surface area contributed by atoms with Gasteiger partial charge in [-0.2, -0.15) is 0 Å². The van der Waals surface area contributed by atoms with E-state index in [0.29, 0.717) is 12.2 Å². The Labute approximate surface area is 123 Å². The predicted molar refractivity (Wildman–Crippen MR) is 81.8 cm³/mol. The van der Waals surface area contributed by atoms with Crippen LogP contribution in [0.3, 0.4) is 0 Å². The van der Waals surface area contributed by atoms with Gasteiger partial charge < -0.3 is 20.6 Å². The summed E-state index contributed by atoms with van der Waals surface area (Å²) in [4.78, 5) is 6.34. The summed E-state index contributed by atoms with van der Waals surface area (Å²) in [6.45, 7) is 0.670. The molecule has 6 nitrogen and oxygen atoms in total. The van der Waals surface area contributed by atoms with Crippen molar-refractivity contribution in [2.24, 2.45) is 10.9 Å². The number of amidine groups is 1. The maximum atomic E-state index is 8.71. The minimum Gasteiger partial charge on any atom is -0.497 e. The fourth-order valence-electron chi connectivity index (χ4n) is 1.96. The zero-order chi connectivity index (χ0) is 15.2. The molecule has 6 heteroatoms. The van der Waals surface area contributed by atoms with E-state index in [0.717, 1.165) is 17.1 Å². The van der Waals surface area contributed by atoms with Gasteiger partial charge in [-0.1, -0.05) is 23.4 Å². The quantitative estimate of drug-likeness (QED) is 0.379. The van der Waals surface area contributed by atoms with Crippen LogP contribution in [0.25, 0.3) is 0 Å². The second-order valence-corrected chi connectivity index (χ2v) is 4.57. The van der Waals surface area contributed by atoms with Gasteiger partial charge in [0, 0.05) is 13.6 Å². The standard InChI is InChI=1S/C15H18N4O2/c1-19(10-11-5-3-6-12(9-11)21-2)14-8-4-7-13(17-14)15(16)18-20/h3-9,20H,10H2,1-2H3,(H2,16,18). The van der Waals surface area contributed by atoms with Gasteiger partial charge in [-0.15, -0.1) is 0 Å². The van der Waals surface area contributed by atoms with E-state index < -0.39 is 0 Å². The summed E-state index contributed by atoms with van der Waals surface area (Å²) in [6.07, 6.45) is 0. The molecule has 2 rings (SSSR count). The Kier molecular flexibility index (Phi) is 4.61. The van der Waals surface area contributed by atoms with Crippen LogP contribution in [0.5, 0.6) is 5.75 Å². The highest BCUT2D eigenvalue weighted by atomic mass is 16.5. The molecule has 1 heterocycles. The summed E-state index contributed by atoms with van der Waals surface area (Å²) in [5, 5.41) is 11.7. The van der Waals surface area contributed by atoms with Crippen molar-refractivity contribution in [3.8, 4) is 5.75 Å². The van der Waals surface area contributed by atoms with Gasteiger partial charge in [0.25, 0.3) is 0 Å². The third kappa shape index (κ3) is 3.62. The van der Waals surface area contributed by atoms with Crippen LogP contribution in [0.15, 0.2) is 47.6 Å². The van der Waals surface area contributed by atoms with E-state index in [1.54, 1.807) is 13.2 Å². The first-order chi connectivity index (χ1) is 10.1. The van der Waals surface area contributed by atoms with Gasteiger partial charge in [0.1, 0.15) is 17.3 Å². The van der Waals surface area contributed by atoms with Crippen molar-refractivity contribution >= 4 is 11.7 Å². The Morgan fingerprint density at radius 1 is 1.33 bits per heavy atom. The van der Waals surface area contributed by atoms with Gasteiger partial charge in [-0.25, -0.2) is 4.98 Å². The summed E-state index contributed by atoms with van der Waals surface area (Å²) in [6, 6.07) is 13.2. The minimum atomic E-state index is -0.00775. The summed E-state index contributed by atoms with van der Waals surface area (Å²) < 4.78 is 5.21. The summed E-state index contributed by atoms with van der Waals surface area (Å²) >= 11 is 0. The smallest absolute Gasteiger partial charge is 0.188 e. The first-order valence-corrected chi connectivity index (χ1v) is 6.43. The number of hydrogen-bond donors (Lipinski definition) is 2. The van der Waals surface area contributed by atoms with Crippen LogP contribution < -0.4 is 15.4 Å². The average Bonchev–Trinajstić information content (AvgIpc) is 2.54. The molecule has 0 amide bonds. The number of benzene rings is 1. The molecular formula is C15H18N4O2. The second kappa shape index (κ2) is 6.60. The molecule has 2 aromatic rings. The Morgan fingerprint density at radius 2 is 2.10 bits per heavy atom. The van der Waals surface area contributed by atoms with Crippen molar-refractivity contribution in [1.29, 1.82) is 0 Å². The largest absolute Gasteiger partial charge is 0.497 e. The third-order valence-electron chi connectivity index (χ3n) is 3.05. The first-order valence-electron chi connectivity index (χ1n) is 6.43. The van der Waals surface area contributed by atoms with Crippen molar-refractivity contribution in [3.05, 3.63) is 53.7 Å². The Morgan fingerprint density at radius 3 is 2.81 bits per heavy atom. The third-order valence-corrected chi connectivity index (χ3v) is 3.05. The van der Waals surface area contributed by atoms with Gasteiger partial charge in [0.15, 0.2) is 5.84 Å². The van der Waals surface area contributed by atoms with Gasteiger partial charge in [-0.3, -0.25) is 0 Å². The van der Waals surface area contributed by atoms with E-state index in [-0.39, 0.29) is 5.84 Å². The van der Waals surface area contributed by atoms with Gasteiger partial charge in [0.2, 0.25) is 0 Å². The van der Waals surface area contributed by atoms with Crippen molar-refractivity contribution in [2.75, 3.05) is 19.1 Å². The van der Waals surface area contributed by atoms with Crippen molar-refractivity contribution in [1.82, 2.24) is 4.98 Å². The predicted octanol–water partition coefficient (Wildman–Crippen LogP) is 1.82. The lowest BCUT2D eigenvalue weighted by Crippen LogP contribution is -2.20. The molecule has 21 heavy (non-hydrogen) atoms. The molecule has 0 aliphatic heterocycles. The van der Waals surface area contributed by atoms with Crippen molar-refractivity contribution in [2.45, 2.75) is 6.54 Å². The number of ether oxygens (including phenoxy) is 1. The van der Waals surface area contributed by atoms with Crippen molar-refractivity contribution in [3.63, 3.8) is 0 Å². The van der Waals surface area contributed by atoms with Crippen LogP contribution in [0.4, 0.5) is 5.82 Å². The van der Waals surface area contributed by atoms with E-state index in [1.165, 1.54) is 0 Å². The highest BCUT2D eigenvalue weighted by molar-refractivity contribution is 5.95. The number of anilines is 1. The van der Waals surface area contributed by atoms with Gasteiger partial charge in [-0.05, 0) is 29.8 Å². The number of rotatable bonds is 5. The number of oxime groups is 1. The highest BCUT2D eigenvalue weighted by Gasteiger charge is 2.07. The van der Waals surface area contributed by atoms with Gasteiger partial charge >= 0.3 is 0 Å². The van der Waals surface area contributed by atoms with E-state index in [2.05, 4.69) is 10.1 Å². The molecule has 0 radical (unpaired) electrons. The van der Waals surface area contributed by atoms with Crippen LogP contribution >= 0.6 is 0 Å². The first kappa shape index (κ1) is 14.6. The lowest BCUT2D eigenvalue weighted by Gasteiger charge is -2.19. The molecule has 0 aliphatic carbocycles. The Hall–Kier alpha value is -2.76. The topological polar surface area (TPSA) is 84.0 Å². The molecule has 1 aromatic carbocycles. The molecule has 0 saturated heterocycles. The molecule has 1 aromatic heterocycles. The average molecular weight is 286 g/mol. The van der Waals surface area contributed by atoms with E-state index in [1.807, 2.05) is 48.3 Å². The maximum Gasteiger partial charge on any atom is 0.188 e. The molecular weight excluding hydrogens is 268 g/mol. The maximum absolute atomic E-state index is 8.71. The molecule has 3 N–H and O–H groups in total. The number of methoxy groups -OCH3 is 1. The van der Waals surface area contributed by atoms with Crippen LogP contribution in [-0.4, -0.2) is 30.2 Å². The highest BCUT2D eigenvalue weighted by Crippen LogP contribution is 2.17. The summed E-state index contributed by atoms with van der Waals surface area (Å²) in [7, 11) is 3.57. The molecule has 0 bridgehead atoms. The summed E-state index contributed by atoms with van der Waals surface area (Å²) in [5.74, 6) is 1.55. The van der Waals surface area contributed by atoms with E-state index in [9.17, 15) is 0 Å². The monoisotopic (exact) mass is 286 g/mol. The molecule has 110 valence electrons. The zero-order valence-electron chi connectivity index (χ0n) is 12.0. The molecule has 0 atom stereocenters. The Bertz CT molecular complexity index is 643. The number of nitrogens with zero attached hydrogens (tertiary/aromatic N) is 3. The lowest BCUT2D eigenvalue weighted by molar-refractivity contribution is 0.318. The molecule has 0 fully saturated rings. The SMILES string of the molecule is COc1cccc(CN(C)c2cccc(C(N)=NO)n2)c1. The fraction of sp³-hybridized carbons (Fsp3) is 0.200. The van der Waals surface area contributed by atoms with Crippen LogP contribution in [0.2, 0.25) is 0 Å². The number of pyridine rings is 1. The lowest BCUT2D eigenvalue weighted by atomic mass is 10.2. The number of nitrogens with two attached hydrogens (primary N) is 1. The van der Waals surface area contributed by atoms with Crippen LogP contribution in [0, 0.1) is 0 Å². The molecule has 0 unspecified atom stereocenters. The summed E-state index contributed by atoms with van der Waals surface area (Å²) in [5.41, 5.74) is 7.10. The number of aromatic nitrogens is 1. The minimum absolute atomic E-state index is 0.00775. The van der Waals surface area contributed by atoms with Crippen molar-refractivity contribution < 1.29 is 9.94 Å². The van der Waals surface area contributed by atoms with Crippen LogP contribution in [-0.2, 0) is 6.54 Å². The molecule has 0 spiro atoms.